The lowest BCUT2D eigenvalue weighted by atomic mass is 9.56. The number of likely N-dealkylation sites (tertiary alicyclic amines) is 1. The number of ether oxygens (including phenoxy) is 2. The molecule has 9 heteroatoms. The van der Waals surface area contributed by atoms with Crippen LogP contribution in [0.3, 0.4) is 0 Å². The minimum atomic E-state index is -0.536. The van der Waals surface area contributed by atoms with Gasteiger partial charge in [-0.2, -0.15) is 0 Å². The van der Waals surface area contributed by atoms with Crippen molar-refractivity contribution in [3.05, 3.63) is 89.3 Å². The van der Waals surface area contributed by atoms with E-state index in [2.05, 4.69) is 21.9 Å². The Balaban J connectivity index is 0.00000173. The highest BCUT2D eigenvalue weighted by Gasteiger charge is 2.52. The fraction of sp³-hybridized carbons (Fsp3) is 0.364. The summed E-state index contributed by atoms with van der Waals surface area (Å²) in [6.07, 6.45) is 7.69. The van der Waals surface area contributed by atoms with Gasteiger partial charge in [0.25, 0.3) is 5.91 Å². The molecule has 3 heterocycles. The van der Waals surface area contributed by atoms with E-state index in [1.54, 1.807) is 12.4 Å². The first-order valence-corrected chi connectivity index (χ1v) is 14.5. The van der Waals surface area contributed by atoms with Crippen LogP contribution in [-0.4, -0.2) is 45.5 Å². The molecule has 1 aliphatic heterocycles. The predicted molar refractivity (Wildman–Crippen MR) is 164 cm³/mol. The Morgan fingerprint density at radius 2 is 1.64 bits per heavy atom. The van der Waals surface area contributed by atoms with Gasteiger partial charge in [0.05, 0.1) is 5.69 Å². The number of carbonyl (C=O) groups is 1. The van der Waals surface area contributed by atoms with Gasteiger partial charge in [0.1, 0.15) is 35.4 Å². The van der Waals surface area contributed by atoms with Crippen molar-refractivity contribution in [3.63, 3.8) is 0 Å². The lowest BCUT2D eigenvalue weighted by Gasteiger charge is -2.58. The van der Waals surface area contributed by atoms with Crippen molar-refractivity contribution in [2.45, 2.75) is 53.1 Å². The van der Waals surface area contributed by atoms with Crippen LogP contribution in [0.1, 0.15) is 65.6 Å². The monoisotopic (exact) mass is 568 g/mol. The number of aromatic nitrogens is 3. The summed E-state index contributed by atoms with van der Waals surface area (Å²) in [4.78, 5) is 23.2. The highest BCUT2D eigenvalue weighted by Crippen LogP contribution is 2.57. The maximum absolute atomic E-state index is 12.4. The molecule has 6 rings (SSSR count). The largest absolute Gasteiger partial charge is 0.489 e. The number of rotatable bonds is 8. The number of nitrogens with two attached hydrogens (primary N) is 2. The molecule has 42 heavy (non-hydrogen) atoms. The molecule has 2 aliphatic rings. The van der Waals surface area contributed by atoms with Gasteiger partial charge in [0.15, 0.2) is 0 Å². The molecule has 2 aromatic heterocycles. The molecule has 9 nitrogen and oxygen atoms in total. The van der Waals surface area contributed by atoms with E-state index in [1.165, 1.54) is 0 Å². The molecule has 1 aliphatic carbocycles. The van der Waals surface area contributed by atoms with Gasteiger partial charge in [-0.25, -0.2) is 9.97 Å². The number of primary amides is 1. The summed E-state index contributed by atoms with van der Waals surface area (Å²) in [6, 6.07) is 13.3. The van der Waals surface area contributed by atoms with E-state index in [4.69, 9.17) is 20.9 Å². The smallest absolute Gasteiger partial charge is 0.267 e. The molecule has 2 aromatic carbocycles. The highest BCUT2D eigenvalue weighted by atomic mass is 16.5. The van der Waals surface area contributed by atoms with Gasteiger partial charge in [-0.15, -0.1) is 0 Å². The van der Waals surface area contributed by atoms with Crippen molar-refractivity contribution >= 4 is 11.6 Å². The van der Waals surface area contributed by atoms with E-state index in [9.17, 15) is 4.79 Å². The fourth-order valence-corrected chi connectivity index (χ4v) is 6.21. The summed E-state index contributed by atoms with van der Waals surface area (Å²) in [7, 11) is 2.15. The molecule has 0 atom stereocenters. The van der Waals surface area contributed by atoms with E-state index in [1.807, 2.05) is 80.9 Å². The normalized spacial score (nSPS) is 15.7. The van der Waals surface area contributed by atoms with Crippen LogP contribution in [0.5, 0.6) is 17.2 Å². The Hall–Kier alpha value is -4.37. The maximum atomic E-state index is 12.4. The zero-order valence-corrected chi connectivity index (χ0v) is 25.1. The van der Waals surface area contributed by atoms with Gasteiger partial charge < -0.3 is 30.4 Å². The number of hydrogen-bond acceptors (Lipinski definition) is 7. The molecule has 0 bridgehead atoms. The first-order valence-electron chi connectivity index (χ1n) is 14.5. The number of nitrogen functional groups attached to an aromatic ring is 1. The van der Waals surface area contributed by atoms with Crippen molar-refractivity contribution in [2.75, 3.05) is 25.9 Å². The maximum Gasteiger partial charge on any atom is 0.267 e. The quantitative estimate of drug-likeness (QED) is 0.277. The van der Waals surface area contributed by atoms with Crippen LogP contribution in [-0.2, 0) is 6.61 Å². The van der Waals surface area contributed by atoms with Gasteiger partial charge in [-0.1, -0.05) is 13.8 Å². The van der Waals surface area contributed by atoms with E-state index in [-0.39, 0.29) is 0 Å². The van der Waals surface area contributed by atoms with Gasteiger partial charge in [-0.3, -0.25) is 4.79 Å². The van der Waals surface area contributed by atoms with E-state index < -0.39 is 5.91 Å². The molecule has 0 unspecified atom stereocenters. The molecule has 220 valence electrons. The summed E-state index contributed by atoms with van der Waals surface area (Å²) in [5.41, 5.74) is 17.2. The van der Waals surface area contributed by atoms with Crippen LogP contribution >= 0.6 is 0 Å². The number of amides is 1. The standard InChI is InChI=1S/C31H34N6O3.C2H6/c1-19-8-25(39-16-21-13-34-20(2)35-14-21)10-26(9-19)40-24-6-4-23(5-7-24)37-15-27(28(32)29(37)30(33)38)22-11-31(12-22)17-36(3)18-31;1-2/h4-10,13-15,22H,11-12,16-18,32H2,1-3H3,(H2,33,38);1-2H3. The minimum absolute atomic E-state index is 0.329. The van der Waals surface area contributed by atoms with E-state index in [0.717, 1.165) is 54.1 Å². The van der Waals surface area contributed by atoms with Crippen LogP contribution in [0, 0.1) is 19.3 Å². The third-order valence-corrected chi connectivity index (χ3v) is 7.93. The second-order valence-corrected chi connectivity index (χ2v) is 11.4. The van der Waals surface area contributed by atoms with Crippen LogP contribution in [0.15, 0.2) is 61.1 Å². The summed E-state index contributed by atoms with van der Waals surface area (Å²) in [5, 5.41) is 0. The third-order valence-electron chi connectivity index (χ3n) is 7.93. The summed E-state index contributed by atoms with van der Waals surface area (Å²) >= 11 is 0. The average molecular weight is 569 g/mol. The summed E-state index contributed by atoms with van der Waals surface area (Å²) in [5.74, 6) is 2.55. The second kappa shape index (κ2) is 11.9. The molecule has 1 saturated carbocycles. The molecule has 2 fully saturated rings. The van der Waals surface area contributed by atoms with Crippen molar-refractivity contribution in [3.8, 4) is 22.9 Å². The lowest BCUT2D eigenvalue weighted by molar-refractivity contribution is -0.0582. The number of hydrogen-bond donors (Lipinski definition) is 2. The number of nitrogens with zero attached hydrogens (tertiary/aromatic N) is 4. The molecule has 1 spiro atoms. The Labute approximate surface area is 247 Å². The van der Waals surface area contributed by atoms with Crippen LogP contribution in [0.4, 0.5) is 5.69 Å². The Kier molecular flexibility index (Phi) is 8.22. The van der Waals surface area contributed by atoms with Gasteiger partial charge >= 0.3 is 0 Å². The fourth-order valence-electron chi connectivity index (χ4n) is 6.21. The van der Waals surface area contributed by atoms with E-state index in [0.29, 0.717) is 46.6 Å². The molecule has 0 radical (unpaired) electrons. The number of aryl methyl sites for hydroxylation is 2. The average Bonchev–Trinajstić information content (AvgIpc) is 3.27. The SMILES string of the molecule is CC.Cc1cc(OCc2cnc(C)nc2)cc(Oc2ccc(-n3cc(C4CC5(C4)CN(C)C5)c(N)c3C(N)=O)cc2)c1. The Morgan fingerprint density at radius 3 is 2.26 bits per heavy atom. The first-order chi connectivity index (χ1) is 20.2. The van der Waals surface area contributed by atoms with Gasteiger partial charge in [-0.05, 0) is 92.6 Å². The number of benzene rings is 2. The predicted octanol–water partition coefficient (Wildman–Crippen LogP) is 5.77. The van der Waals surface area contributed by atoms with Crippen molar-refractivity contribution < 1.29 is 14.3 Å². The van der Waals surface area contributed by atoms with Crippen LogP contribution in [0.25, 0.3) is 5.69 Å². The van der Waals surface area contributed by atoms with Crippen molar-refractivity contribution in [1.82, 2.24) is 19.4 Å². The molecule has 1 amide bonds. The van der Waals surface area contributed by atoms with Crippen LogP contribution in [0.2, 0.25) is 0 Å². The highest BCUT2D eigenvalue weighted by molar-refractivity contribution is 5.98. The summed E-state index contributed by atoms with van der Waals surface area (Å²) < 4.78 is 13.9. The Morgan fingerprint density at radius 1 is 1.00 bits per heavy atom. The lowest BCUT2D eigenvalue weighted by Crippen LogP contribution is -2.59. The van der Waals surface area contributed by atoms with Crippen LogP contribution < -0.4 is 20.9 Å². The molecule has 1 saturated heterocycles. The molecule has 4 N–H and O–H groups in total. The van der Waals surface area contributed by atoms with Crippen molar-refractivity contribution in [1.29, 1.82) is 0 Å². The Bertz CT molecular complexity index is 1550. The molecular weight excluding hydrogens is 528 g/mol. The zero-order valence-electron chi connectivity index (χ0n) is 25.1. The second-order valence-electron chi connectivity index (χ2n) is 11.4. The van der Waals surface area contributed by atoms with E-state index >= 15 is 0 Å². The minimum Gasteiger partial charge on any atom is -0.489 e. The first kappa shape index (κ1) is 29.1. The zero-order chi connectivity index (χ0) is 30.0. The van der Waals surface area contributed by atoms with Gasteiger partial charge in [0.2, 0.25) is 0 Å². The molecular formula is C33H40N6O3. The topological polar surface area (TPSA) is 122 Å². The summed E-state index contributed by atoms with van der Waals surface area (Å²) in [6.45, 7) is 10.5. The molecule has 4 aromatic rings. The number of carbonyl (C=O) groups excluding carboxylic acids is 1. The third kappa shape index (κ3) is 5.97. The van der Waals surface area contributed by atoms with Crippen molar-refractivity contribution in [2.24, 2.45) is 11.1 Å². The van der Waals surface area contributed by atoms with Gasteiger partial charge in [0, 0.05) is 49.0 Å². The number of anilines is 1.